The fraction of sp³-hybridized carbons (Fsp3) is 0.118. The second kappa shape index (κ2) is 6.40. The van der Waals surface area contributed by atoms with Gasteiger partial charge >= 0.3 is 12.0 Å². The van der Waals surface area contributed by atoms with Gasteiger partial charge in [0.2, 0.25) is 0 Å². The van der Waals surface area contributed by atoms with E-state index in [1.165, 1.54) is 43.3 Å². The van der Waals surface area contributed by atoms with Crippen molar-refractivity contribution in [2.24, 2.45) is 0 Å². The van der Waals surface area contributed by atoms with Crippen LogP contribution in [-0.4, -0.2) is 31.4 Å². The van der Waals surface area contributed by atoms with Gasteiger partial charge in [-0.15, -0.1) is 0 Å². The van der Waals surface area contributed by atoms with Crippen LogP contribution in [0.4, 0.5) is 10.5 Å². The molecule has 0 saturated carbocycles. The lowest BCUT2D eigenvalue weighted by molar-refractivity contribution is -0.123. The maximum Gasteiger partial charge on any atom is 0.335 e. The summed E-state index contributed by atoms with van der Waals surface area (Å²) < 4.78 is 27.4. The zero-order chi connectivity index (χ0) is 19.8. The van der Waals surface area contributed by atoms with Crippen molar-refractivity contribution in [3.05, 3.63) is 59.7 Å². The van der Waals surface area contributed by atoms with Crippen molar-refractivity contribution in [1.29, 1.82) is 0 Å². The molecular weight excluding hydrogens is 374 g/mol. The largest absolute Gasteiger partial charge is 0.478 e. The number of hydrogen-bond acceptors (Lipinski definition) is 5. The Hall–Kier alpha value is -3.40. The first-order valence-corrected chi connectivity index (χ1v) is 9.20. The number of imide groups is 1. The summed E-state index contributed by atoms with van der Waals surface area (Å²) in [5.41, 5.74) is -0.958. The Morgan fingerprint density at radius 2 is 1.81 bits per heavy atom. The van der Waals surface area contributed by atoms with E-state index in [9.17, 15) is 22.8 Å². The van der Waals surface area contributed by atoms with Gasteiger partial charge in [0, 0.05) is 5.69 Å². The second-order valence-electron chi connectivity index (χ2n) is 6.05. The molecule has 2 aromatic carbocycles. The number of carbonyl (C=O) groups excluding carboxylic acids is 2. The molecule has 0 aliphatic carbocycles. The maximum atomic E-state index is 12.6. The minimum Gasteiger partial charge on any atom is -0.478 e. The molecule has 0 bridgehead atoms. The van der Waals surface area contributed by atoms with E-state index in [-0.39, 0.29) is 16.1 Å². The van der Waals surface area contributed by atoms with Crippen LogP contribution in [0.15, 0.2) is 53.4 Å². The standard InChI is InChI=1S/C17H15N3O6S/c1-17(15(23)18-16(24)19-17)11-5-3-6-12(9-11)20-27(25,26)13-7-2-4-10(8-13)14(21)22/h2-9,20H,1H3,(H,21,22)(H2,18,19,23,24)/t17-/m0/s1. The summed E-state index contributed by atoms with van der Waals surface area (Å²) in [6.45, 7) is 1.50. The summed E-state index contributed by atoms with van der Waals surface area (Å²) in [7, 11) is -4.05. The molecular formula is C17H15N3O6S. The van der Waals surface area contributed by atoms with Crippen LogP contribution >= 0.6 is 0 Å². The molecule has 0 aromatic heterocycles. The molecule has 1 saturated heterocycles. The summed E-state index contributed by atoms with van der Waals surface area (Å²) in [5, 5.41) is 13.6. The van der Waals surface area contributed by atoms with E-state index in [0.29, 0.717) is 5.56 Å². The molecule has 4 N–H and O–H groups in total. The van der Waals surface area contributed by atoms with Gasteiger partial charge in [-0.3, -0.25) is 14.8 Å². The van der Waals surface area contributed by atoms with Crippen LogP contribution in [0.5, 0.6) is 0 Å². The molecule has 27 heavy (non-hydrogen) atoms. The molecule has 2 aromatic rings. The van der Waals surface area contributed by atoms with E-state index < -0.39 is 33.5 Å². The fourth-order valence-electron chi connectivity index (χ4n) is 2.65. The number of carboxylic acids is 1. The summed E-state index contributed by atoms with van der Waals surface area (Å²) in [5.74, 6) is -1.80. The van der Waals surface area contributed by atoms with E-state index in [0.717, 1.165) is 6.07 Å². The molecule has 3 rings (SSSR count). The third-order valence-corrected chi connectivity index (χ3v) is 5.51. The number of anilines is 1. The van der Waals surface area contributed by atoms with Gasteiger partial charge in [-0.05, 0) is 42.8 Å². The Labute approximate surface area is 154 Å². The summed E-state index contributed by atoms with van der Waals surface area (Å²) >= 11 is 0. The summed E-state index contributed by atoms with van der Waals surface area (Å²) in [4.78, 5) is 34.3. The smallest absolute Gasteiger partial charge is 0.335 e. The third kappa shape index (κ3) is 3.47. The molecule has 0 radical (unpaired) electrons. The van der Waals surface area contributed by atoms with Crippen LogP contribution in [0.2, 0.25) is 0 Å². The monoisotopic (exact) mass is 389 g/mol. The summed E-state index contributed by atoms with van der Waals surface area (Å²) in [6.07, 6.45) is 0. The predicted molar refractivity (Wildman–Crippen MR) is 94.7 cm³/mol. The van der Waals surface area contributed by atoms with Crippen molar-refractivity contribution in [1.82, 2.24) is 10.6 Å². The van der Waals surface area contributed by atoms with E-state index in [4.69, 9.17) is 5.11 Å². The molecule has 9 nitrogen and oxygen atoms in total. The van der Waals surface area contributed by atoms with Crippen LogP contribution in [0.25, 0.3) is 0 Å². The average Bonchev–Trinajstić information content (AvgIpc) is 2.88. The summed E-state index contributed by atoms with van der Waals surface area (Å²) in [6, 6.07) is 10.3. The highest BCUT2D eigenvalue weighted by molar-refractivity contribution is 7.92. The Balaban J connectivity index is 1.92. The van der Waals surface area contributed by atoms with E-state index in [1.54, 1.807) is 6.07 Å². The first-order chi connectivity index (χ1) is 12.6. The molecule has 1 aliphatic heterocycles. The number of sulfonamides is 1. The Morgan fingerprint density at radius 3 is 2.44 bits per heavy atom. The quantitative estimate of drug-likeness (QED) is 0.567. The normalized spacial score (nSPS) is 19.3. The fourth-order valence-corrected chi connectivity index (χ4v) is 3.75. The molecule has 1 atom stereocenters. The van der Waals surface area contributed by atoms with E-state index in [2.05, 4.69) is 15.4 Å². The Morgan fingerprint density at radius 1 is 1.11 bits per heavy atom. The van der Waals surface area contributed by atoms with E-state index >= 15 is 0 Å². The van der Waals surface area contributed by atoms with Gasteiger partial charge in [0.05, 0.1) is 10.5 Å². The van der Waals surface area contributed by atoms with Crippen molar-refractivity contribution in [3.8, 4) is 0 Å². The number of nitrogens with one attached hydrogen (secondary N) is 3. The second-order valence-corrected chi connectivity index (χ2v) is 7.73. The Bertz CT molecular complexity index is 1070. The van der Waals surface area contributed by atoms with Crippen LogP contribution in [0.1, 0.15) is 22.8 Å². The molecule has 10 heteroatoms. The van der Waals surface area contributed by atoms with Crippen molar-refractivity contribution < 1.29 is 27.9 Å². The predicted octanol–water partition coefficient (Wildman–Crippen LogP) is 1.24. The number of urea groups is 1. The van der Waals surface area contributed by atoms with Crippen molar-refractivity contribution >= 4 is 33.6 Å². The lowest BCUT2D eigenvalue weighted by atomic mass is 9.92. The molecule has 140 valence electrons. The van der Waals surface area contributed by atoms with Gasteiger partial charge in [-0.1, -0.05) is 18.2 Å². The average molecular weight is 389 g/mol. The number of benzene rings is 2. The number of carboxylic acid groups (broad SMARTS) is 1. The SMILES string of the molecule is C[C@@]1(c2cccc(NS(=O)(=O)c3cccc(C(=O)O)c3)c2)NC(=O)NC1=O. The molecule has 3 amide bonds. The van der Waals surface area contributed by atoms with Gasteiger partial charge in [0.15, 0.2) is 0 Å². The van der Waals surface area contributed by atoms with Gasteiger partial charge in [0.1, 0.15) is 5.54 Å². The topological polar surface area (TPSA) is 142 Å². The van der Waals surface area contributed by atoms with Gasteiger partial charge in [0.25, 0.3) is 15.9 Å². The lowest BCUT2D eigenvalue weighted by Gasteiger charge is -2.21. The molecule has 1 aliphatic rings. The first kappa shape index (κ1) is 18.4. The third-order valence-electron chi connectivity index (χ3n) is 4.13. The van der Waals surface area contributed by atoms with Gasteiger partial charge in [-0.2, -0.15) is 0 Å². The highest BCUT2D eigenvalue weighted by atomic mass is 32.2. The number of rotatable bonds is 5. The van der Waals surface area contributed by atoms with Crippen molar-refractivity contribution in [2.45, 2.75) is 17.4 Å². The molecule has 0 spiro atoms. The van der Waals surface area contributed by atoms with Crippen LogP contribution in [-0.2, 0) is 20.4 Å². The Kier molecular flexibility index (Phi) is 4.36. The van der Waals surface area contributed by atoms with E-state index in [1.807, 2.05) is 0 Å². The van der Waals surface area contributed by atoms with Crippen LogP contribution in [0.3, 0.4) is 0 Å². The maximum absolute atomic E-state index is 12.6. The van der Waals surface area contributed by atoms with Gasteiger partial charge in [-0.25, -0.2) is 18.0 Å². The zero-order valence-corrected chi connectivity index (χ0v) is 14.8. The molecule has 1 fully saturated rings. The highest BCUT2D eigenvalue weighted by Gasteiger charge is 2.43. The molecule has 1 heterocycles. The molecule has 0 unspecified atom stereocenters. The number of carbonyl (C=O) groups is 3. The van der Waals surface area contributed by atoms with Crippen molar-refractivity contribution in [2.75, 3.05) is 4.72 Å². The highest BCUT2D eigenvalue weighted by Crippen LogP contribution is 2.27. The van der Waals surface area contributed by atoms with Crippen LogP contribution < -0.4 is 15.4 Å². The minimum absolute atomic E-state index is 0.156. The number of amides is 3. The number of hydrogen-bond donors (Lipinski definition) is 4. The zero-order valence-electron chi connectivity index (χ0n) is 14.0. The van der Waals surface area contributed by atoms with Crippen molar-refractivity contribution in [3.63, 3.8) is 0 Å². The number of aromatic carboxylic acids is 1. The van der Waals surface area contributed by atoms with Crippen LogP contribution in [0, 0.1) is 0 Å². The lowest BCUT2D eigenvalue weighted by Crippen LogP contribution is -2.40. The first-order valence-electron chi connectivity index (χ1n) is 7.72. The minimum atomic E-state index is -4.05. The van der Waals surface area contributed by atoms with Gasteiger partial charge < -0.3 is 10.4 Å².